The van der Waals surface area contributed by atoms with Gasteiger partial charge >= 0.3 is 0 Å². The largest absolute Gasteiger partial charge is 0.468 e. The fourth-order valence-electron chi connectivity index (χ4n) is 3.01. The summed E-state index contributed by atoms with van der Waals surface area (Å²) in [5.74, 6) is 1.53. The van der Waals surface area contributed by atoms with E-state index in [1.807, 2.05) is 12.1 Å². The molecule has 2 aliphatic heterocycles. The summed E-state index contributed by atoms with van der Waals surface area (Å²) in [7, 11) is 0. The molecule has 4 heteroatoms. The van der Waals surface area contributed by atoms with Gasteiger partial charge in [0.15, 0.2) is 10.8 Å². The molecule has 19 heavy (non-hydrogen) atoms. The summed E-state index contributed by atoms with van der Waals surface area (Å²) < 4.78 is 6.27. The summed E-state index contributed by atoms with van der Waals surface area (Å²) in [6, 6.07) is 8.51. The van der Waals surface area contributed by atoms with Crippen LogP contribution in [0.2, 0.25) is 0 Å². The first-order valence-electron chi connectivity index (χ1n) is 6.86. The Hall–Kier alpha value is -1.29. The fraction of sp³-hybridized carbons (Fsp3) is 0.533. The van der Waals surface area contributed by atoms with Crippen LogP contribution < -0.4 is 10.1 Å². The van der Waals surface area contributed by atoms with Gasteiger partial charge in [-0.15, -0.1) is 0 Å². The first kappa shape index (κ1) is 12.7. The number of hydrogen-bond donors (Lipinski definition) is 1. The van der Waals surface area contributed by atoms with Crippen LogP contribution in [0.25, 0.3) is 0 Å². The SMILES string of the molecule is CC(C)CN1C(=S)NC2CC1(C)Oc1ccccc12. The van der Waals surface area contributed by atoms with E-state index in [2.05, 4.69) is 43.1 Å². The Morgan fingerprint density at radius 1 is 1.47 bits per heavy atom. The summed E-state index contributed by atoms with van der Waals surface area (Å²) in [6.07, 6.45) is 0.927. The van der Waals surface area contributed by atoms with Crippen LogP contribution in [0.15, 0.2) is 24.3 Å². The minimum atomic E-state index is -0.328. The van der Waals surface area contributed by atoms with Crippen molar-refractivity contribution in [3.8, 4) is 5.75 Å². The zero-order valence-corrected chi connectivity index (χ0v) is 12.5. The molecule has 0 saturated carbocycles. The molecule has 0 amide bonds. The summed E-state index contributed by atoms with van der Waals surface area (Å²) in [4.78, 5) is 2.19. The van der Waals surface area contributed by atoms with E-state index in [1.54, 1.807) is 0 Å². The molecule has 1 fully saturated rings. The predicted molar refractivity (Wildman–Crippen MR) is 80.1 cm³/mol. The van der Waals surface area contributed by atoms with Gasteiger partial charge in [0.1, 0.15) is 5.75 Å². The second-order valence-corrected chi connectivity index (χ2v) is 6.41. The normalized spacial score (nSPS) is 28.7. The minimum absolute atomic E-state index is 0.269. The lowest BCUT2D eigenvalue weighted by atomic mass is 9.90. The number of nitrogens with one attached hydrogen (secondary N) is 1. The summed E-state index contributed by atoms with van der Waals surface area (Å²) in [6.45, 7) is 7.46. The van der Waals surface area contributed by atoms with E-state index in [0.717, 1.165) is 23.8 Å². The van der Waals surface area contributed by atoms with E-state index >= 15 is 0 Å². The van der Waals surface area contributed by atoms with Gasteiger partial charge in [0.2, 0.25) is 0 Å². The average Bonchev–Trinajstić information content (AvgIpc) is 2.34. The van der Waals surface area contributed by atoms with Gasteiger partial charge < -0.3 is 15.0 Å². The van der Waals surface area contributed by atoms with Gasteiger partial charge in [-0.1, -0.05) is 32.0 Å². The van der Waals surface area contributed by atoms with Crippen LogP contribution in [0.3, 0.4) is 0 Å². The van der Waals surface area contributed by atoms with Crippen molar-refractivity contribution in [3.63, 3.8) is 0 Å². The van der Waals surface area contributed by atoms with Crippen molar-refractivity contribution < 1.29 is 4.74 Å². The summed E-state index contributed by atoms with van der Waals surface area (Å²) in [5, 5.41) is 4.27. The monoisotopic (exact) mass is 276 g/mol. The minimum Gasteiger partial charge on any atom is -0.468 e. The number of thiocarbonyl (C=S) groups is 1. The van der Waals surface area contributed by atoms with E-state index in [1.165, 1.54) is 5.56 Å². The smallest absolute Gasteiger partial charge is 0.184 e. The third kappa shape index (κ3) is 2.08. The number of hydrogen-bond acceptors (Lipinski definition) is 2. The highest BCUT2D eigenvalue weighted by atomic mass is 32.1. The molecule has 0 aliphatic carbocycles. The lowest BCUT2D eigenvalue weighted by molar-refractivity contribution is -0.0721. The number of nitrogens with zero attached hydrogens (tertiary/aromatic N) is 1. The lowest BCUT2D eigenvalue weighted by Gasteiger charge is -2.52. The van der Waals surface area contributed by atoms with Crippen LogP contribution in [0, 0.1) is 5.92 Å². The number of rotatable bonds is 2. The molecule has 1 saturated heterocycles. The highest BCUT2D eigenvalue weighted by molar-refractivity contribution is 7.80. The number of para-hydroxylation sites is 1. The highest BCUT2D eigenvalue weighted by Crippen LogP contribution is 2.43. The molecule has 2 aliphatic rings. The molecule has 1 N–H and O–H groups in total. The van der Waals surface area contributed by atoms with Crippen molar-refractivity contribution in [3.05, 3.63) is 29.8 Å². The standard InChI is InChI=1S/C15H20N2OS/c1-10(2)9-17-14(19)16-12-8-15(17,3)18-13-7-5-4-6-11(12)13/h4-7,10,12H,8-9H2,1-3H3,(H,16,19). The number of benzene rings is 1. The van der Waals surface area contributed by atoms with Crippen LogP contribution in [0.5, 0.6) is 5.75 Å². The van der Waals surface area contributed by atoms with E-state index in [-0.39, 0.29) is 11.8 Å². The Kier molecular flexibility index (Phi) is 2.93. The second kappa shape index (κ2) is 4.37. The summed E-state index contributed by atoms with van der Waals surface area (Å²) in [5.41, 5.74) is 0.887. The topological polar surface area (TPSA) is 24.5 Å². The predicted octanol–water partition coefficient (Wildman–Crippen LogP) is 3.07. The van der Waals surface area contributed by atoms with Crippen LogP contribution >= 0.6 is 12.2 Å². The maximum atomic E-state index is 6.27. The molecular formula is C15H20N2OS. The number of fused-ring (bicyclic) bond motifs is 4. The van der Waals surface area contributed by atoms with Gasteiger partial charge in [0, 0.05) is 18.5 Å². The zero-order valence-electron chi connectivity index (χ0n) is 11.6. The lowest BCUT2D eigenvalue weighted by Crippen LogP contribution is -2.65. The maximum absolute atomic E-state index is 6.27. The van der Waals surface area contributed by atoms with Crippen LogP contribution in [0.4, 0.5) is 0 Å². The quantitative estimate of drug-likeness (QED) is 0.839. The summed E-state index contributed by atoms with van der Waals surface area (Å²) >= 11 is 5.54. The van der Waals surface area contributed by atoms with Gasteiger partial charge in [-0.05, 0) is 31.1 Å². The van der Waals surface area contributed by atoms with Crippen molar-refractivity contribution in [2.45, 2.75) is 39.0 Å². The molecule has 0 aromatic heterocycles. The molecule has 2 unspecified atom stereocenters. The average molecular weight is 276 g/mol. The molecule has 102 valence electrons. The molecular weight excluding hydrogens is 256 g/mol. The van der Waals surface area contributed by atoms with Crippen molar-refractivity contribution in [1.29, 1.82) is 0 Å². The molecule has 1 aromatic rings. The van der Waals surface area contributed by atoms with Crippen LogP contribution in [-0.2, 0) is 0 Å². The van der Waals surface area contributed by atoms with Gasteiger partial charge in [-0.25, -0.2) is 0 Å². The van der Waals surface area contributed by atoms with Gasteiger partial charge in [0.25, 0.3) is 0 Å². The first-order chi connectivity index (χ1) is 8.99. The molecule has 0 spiro atoms. The highest BCUT2D eigenvalue weighted by Gasteiger charge is 2.47. The number of ether oxygens (including phenoxy) is 1. The van der Waals surface area contributed by atoms with Gasteiger partial charge in [0.05, 0.1) is 6.04 Å². The Morgan fingerprint density at radius 2 is 2.21 bits per heavy atom. The fourth-order valence-corrected chi connectivity index (χ4v) is 3.42. The van der Waals surface area contributed by atoms with Gasteiger partial charge in [-0.2, -0.15) is 0 Å². The molecule has 2 atom stereocenters. The Bertz CT molecular complexity index is 517. The van der Waals surface area contributed by atoms with Crippen molar-refractivity contribution >= 4 is 17.3 Å². The Morgan fingerprint density at radius 3 is 2.95 bits per heavy atom. The van der Waals surface area contributed by atoms with Crippen molar-refractivity contribution in [1.82, 2.24) is 10.2 Å². The third-order valence-corrected chi connectivity index (χ3v) is 4.21. The zero-order chi connectivity index (χ0) is 13.6. The third-order valence-electron chi connectivity index (χ3n) is 3.87. The van der Waals surface area contributed by atoms with E-state index in [9.17, 15) is 0 Å². The molecule has 2 heterocycles. The molecule has 3 nitrogen and oxygen atoms in total. The second-order valence-electron chi connectivity index (χ2n) is 6.03. The molecule has 2 bridgehead atoms. The van der Waals surface area contributed by atoms with Crippen molar-refractivity contribution in [2.24, 2.45) is 5.92 Å². The Labute approximate surface area is 119 Å². The Balaban J connectivity index is 1.99. The molecule has 0 radical (unpaired) electrons. The maximum Gasteiger partial charge on any atom is 0.184 e. The van der Waals surface area contributed by atoms with E-state index in [0.29, 0.717) is 5.92 Å². The van der Waals surface area contributed by atoms with E-state index in [4.69, 9.17) is 17.0 Å². The molecule has 1 aromatic carbocycles. The van der Waals surface area contributed by atoms with Crippen LogP contribution in [-0.4, -0.2) is 22.3 Å². The molecule has 3 rings (SSSR count). The van der Waals surface area contributed by atoms with Crippen LogP contribution in [0.1, 0.15) is 38.8 Å². The van der Waals surface area contributed by atoms with Crippen molar-refractivity contribution in [2.75, 3.05) is 6.54 Å². The van der Waals surface area contributed by atoms with Gasteiger partial charge in [-0.3, -0.25) is 0 Å². The first-order valence-corrected chi connectivity index (χ1v) is 7.26. The van der Waals surface area contributed by atoms with E-state index < -0.39 is 0 Å².